The number of sulfonamides is 1. The lowest BCUT2D eigenvalue weighted by atomic mass is 10.1. The molecule has 3 aromatic carbocycles. The Bertz CT molecular complexity index is 1140. The number of piperazine rings is 1. The van der Waals surface area contributed by atoms with Gasteiger partial charge in [0.05, 0.1) is 4.90 Å². The summed E-state index contributed by atoms with van der Waals surface area (Å²) in [5.74, 6) is -0.0660. The van der Waals surface area contributed by atoms with Crippen molar-refractivity contribution in [1.82, 2.24) is 9.21 Å². The van der Waals surface area contributed by atoms with E-state index in [1.54, 1.807) is 29.2 Å². The molecule has 0 unspecified atom stereocenters. The summed E-state index contributed by atoms with van der Waals surface area (Å²) < 4.78 is 27.8. The second-order valence-electron chi connectivity index (χ2n) is 6.69. The van der Waals surface area contributed by atoms with Gasteiger partial charge in [-0.25, -0.2) is 8.42 Å². The molecule has 1 heterocycles. The maximum absolute atomic E-state index is 12.9. The Morgan fingerprint density at radius 3 is 2.18 bits per heavy atom. The lowest BCUT2D eigenvalue weighted by Gasteiger charge is -2.34. The van der Waals surface area contributed by atoms with Crippen molar-refractivity contribution in [2.24, 2.45) is 0 Å². The molecule has 5 nitrogen and oxygen atoms in total. The highest BCUT2D eigenvalue weighted by molar-refractivity contribution is 9.10. The van der Waals surface area contributed by atoms with Crippen LogP contribution in [0.1, 0.15) is 10.4 Å². The average molecular weight is 459 g/mol. The molecule has 1 fully saturated rings. The number of hydrogen-bond donors (Lipinski definition) is 0. The van der Waals surface area contributed by atoms with Crippen LogP contribution in [-0.4, -0.2) is 49.7 Å². The maximum Gasteiger partial charge on any atom is 0.253 e. The van der Waals surface area contributed by atoms with Crippen molar-refractivity contribution in [3.8, 4) is 0 Å². The molecule has 4 rings (SSSR count). The zero-order chi connectivity index (χ0) is 19.7. The Balaban J connectivity index is 1.49. The van der Waals surface area contributed by atoms with E-state index >= 15 is 0 Å². The minimum Gasteiger partial charge on any atom is -0.336 e. The summed E-state index contributed by atoms with van der Waals surface area (Å²) in [6.07, 6.45) is 0. The van der Waals surface area contributed by atoms with Crippen LogP contribution in [0.15, 0.2) is 76.1 Å². The molecule has 7 heteroatoms. The fourth-order valence-corrected chi connectivity index (χ4v) is 5.82. The molecule has 0 aromatic heterocycles. The van der Waals surface area contributed by atoms with Gasteiger partial charge in [-0.1, -0.05) is 42.5 Å². The molecular formula is C21H19BrN2O3S. The number of carbonyl (C=O) groups excluding carboxylic acids is 1. The highest BCUT2D eigenvalue weighted by atomic mass is 79.9. The average Bonchev–Trinajstić information content (AvgIpc) is 2.73. The topological polar surface area (TPSA) is 57.7 Å². The van der Waals surface area contributed by atoms with E-state index in [1.165, 1.54) is 4.31 Å². The Labute approximate surface area is 172 Å². The van der Waals surface area contributed by atoms with Crippen LogP contribution in [0.3, 0.4) is 0 Å². The lowest BCUT2D eigenvalue weighted by molar-refractivity contribution is 0.0698. The first-order valence-corrected chi connectivity index (χ1v) is 11.2. The predicted molar refractivity (Wildman–Crippen MR) is 113 cm³/mol. The second kappa shape index (κ2) is 7.66. The van der Waals surface area contributed by atoms with Gasteiger partial charge in [-0.05, 0) is 51.0 Å². The summed E-state index contributed by atoms with van der Waals surface area (Å²) in [5.41, 5.74) is 0.626. The molecule has 0 radical (unpaired) electrons. The van der Waals surface area contributed by atoms with Gasteiger partial charge in [-0.3, -0.25) is 4.79 Å². The molecule has 0 atom stereocenters. The minimum atomic E-state index is -3.59. The SMILES string of the molecule is O=C(c1ccc2ccccc2c1)N1CCN(S(=O)(=O)c2ccccc2Br)CC1. The van der Waals surface area contributed by atoms with Crippen LogP contribution in [0.5, 0.6) is 0 Å². The third-order valence-electron chi connectivity index (χ3n) is 4.98. The molecule has 3 aromatic rings. The summed E-state index contributed by atoms with van der Waals surface area (Å²) in [6, 6.07) is 20.4. The van der Waals surface area contributed by atoms with Crippen molar-refractivity contribution in [2.75, 3.05) is 26.2 Å². The molecule has 1 aliphatic heterocycles. The number of hydrogen-bond acceptors (Lipinski definition) is 3. The molecule has 0 aliphatic carbocycles. The van der Waals surface area contributed by atoms with E-state index in [1.807, 2.05) is 42.5 Å². The van der Waals surface area contributed by atoms with Gasteiger partial charge in [0, 0.05) is 36.2 Å². The Morgan fingerprint density at radius 1 is 0.821 bits per heavy atom. The first-order valence-electron chi connectivity index (χ1n) is 8.99. The molecular weight excluding hydrogens is 440 g/mol. The van der Waals surface area contributed by atoms with Crippen LogP contribution in [0.4, 0.5) is 0 Å². The lowest BCUT2D eigenvalue weighted by Crippen LogP contribution is -2.50. The van der Waals surface area contributed by atoms with Gasteiger partial charge in [-0.2, -0.15) is 4.31 Å². The fraction of sp³-hybridized carbons (Fsp3) is 0.190. The van der Waals surface area contributed by atoms with Crippen molar-refractivity contribution in [3.63, 3.8) is 0 Å². The molecule has 28 heavy (non-hydrogen) atoms. The summed E-state index contributed by atoms with van der Waals surface area (Å²) in [6.45, 7) is 1.30. The van der Waals surface area contributed by atoms with Gasteiger partial charge in [0.1, 0.15) is 0 Å². The van der Waals surface area contributed by atoms with Crippen molar-refractivity contribution in [3.05, 3.63) is 76.8 Å². The van der Waals surface area contributed by atoms with Crippen LogP contribution in [0.2, 0.25) is 0 Å². The minimum absolute atomic E-state index is 0.0660. The Hall–Kier alpha value is -2.22. The van der Waals surface area contributed by atoms with Crippen LogP contribution in [0, 0.1) is 0 Å². The molecule has 0 saturated carbocycles. The standard InChI is InChI=1S/C21H19BrN2O3S/c22-19-7-3-4-8-20(19)28(26,27)24-13-11-23(12-14-24)21(25)18-10-9-16-5-1-2-6-17(16)15-18/h1-10,15H,11-14H2. The van der Waals surface area contributed by atoms with E-state index in [2.05, 4.69) is 15.9 Å². The number of benzene rings is 3. The second-order valence-corrected chi connectivity index (χ2v) is 9.45. The summed E-state index contributed by atoms with van der Waals surface area (Å²) in [5, 5.41) is 2.10. The van der Waals surface area contributed by atoms with Gasteiger partial charge in [0.15, 0.2) is 0 Å². The molecule has 144 valence electrons. The van der Waals surface area contributed by atoms with Gasteiger partial charge >= 0.3 is 0 Å². The number of halogens is 1. The third-order valence-corrected chi connectivity index (χ3v) is 7.89. The maximum atomic E-state index is 12.9. The Kier molecular flexibility index (Phi) is 5.23. The van der Waals surface area contributed by atoms with Gasteiger partial charge in [-0.15, -0.1) is 0 Å². The molecule has 0 spiro atoms. The van der Waals surface area contributed by atoms with E-state index < -0.39 is 10.0 Å². The number of fused-ring (bicyclic) bond motifs is 1. The monoisotopic (exact) mass is 458 g/mol. The number of amides is 1. The number of carbonyl (C=O) groups is 1. The highest BCUT2D eigenvalue weighted by Crippen LogP contribution is 2.26. The quantitative estimate of drug-likeness (QED) is 0.600. The smallest absolute Gasteiger partial charge is 0.253 e. The van der Waals surface area contributed by atoms with Gasteiger partial charge in [0.25, 0.3) is 5.91 Å². The van der Waals surface area contributed by atoms with Crippen LogP contribution >= 0.6 is 15.9 Å². The third kappa shape index (κ3) is 3.57. The largest absolute Gasteiger partial charge is 0.336 e. The van der Waals surface area contributed by atoms with Crippen LogP contribution in [-0.2, 0) is 10.0 Å². The highest BCUT2D eigenvalue weighted by Gasteiger charge is 2.31. The molecule has 0 bridgehead atoms. The molecule has 1 amide bonds. The van der Waals surface area contributed by atoms with E-state index in [4.69, 9.17) is 0 Å². The first kappa shape index (κ1) is 19.1. The van der Waals surface area contributed by atoms with E-state index in [-0.39, 0.29) is 23.9 Å². The van der Waals surface area contributed by atoms with E-state index in [9.17, 15) is 13.2 Å². The summed E-state index contributed by atoms with van der Waals surface area (Å²) in [4.78, 5) is 14.8. The molecule has 0 N–H and O–H groups in total. The number of rotatable bonds is 3. The first-order chi connectivity index (χ1) is 13.5. The van der Waals surface area contributed by atoms with E-state index in [0.29, 0.717) is 23.1 Å². The van der Waals surface area contributed by atoms with Crippen molar-refractivity contribution in [1.29, 1.82) is 0 Å². The van der Waals surface area contributed by atoms with Gasteiger partial charge in [0.2, 0.25) is 10.0 Å². The van der Waals surface area contributed by atoms with Gasteiger partial charge < -0.3 is 4.90 Å². The number of nitrogens with zero attached hydrogens (tertiary/aromatic N) is 2. The van der Waals surface area contributed by atoms with Crippen molar-refractivity contribution in [2.45, 2.75) is 4.90 Å². The summed E-state index contributed by atoms with van der Waals surface area (Å²) in [7, 11) is -3.59. The zero-order valence-electron chi connectivity index (χ0n) is 15.1. The summed E-state index contributed by atoms with van der Waals surface area (Å²) >= 11 is 3.31. The zero-order valence-corrected chi connectivity index (χ0v) is 17.5. The van der Waals surface area contributed by atoms with Crippen LogP contribution < -0.4 is 0 Å². The molecule has 1 saturated heterocycles. The molecule has 1 aliphatic rings. The predicted octanol–water partition coefficient (Wildman–Crippen LogP) is 3.75. The normalized spacial score (nSPS) is 15.7. The van der Waals surface area contributed by atoms with Crippen LogP contribution in [0.25, 0.3) is 10.8 Å². The fourth-order valence-electron chi connectivity index (χ4n) is 3.43. The van der Waals surface area contributed by atoms with E-state index in [0.717, 1.165) is 10.8 Å². The van der Waals surface area contributed by atoms with Crippen molar-refractivity contribution < 1.29 is 13.2 Å². The Morgan fingerprint density at radius 2 is 1.46 bits per heavy atom. The van der Waals surface area contributed by atoms with Crippen molar-refractivity contribution >= 4 is 42.6 Å².